The van der Waals surface area contributed by atoms with E-state index in [9.17, 15) is 15.0 Å². The van der Waals surface area contributed by atoms with Crippen molar-refractivity contribution in [1.82, 2.24) is 5.32 Å². The molecule has 4 unspecified atom stereocenters. The molecule has 15 heavy (non-hydrogen) atoms. The standard InChI is InChI=1S/C8H17NO6/c1-4(10)7(14)8(15)5(11)2-9-3-6(12)13/h4-5,7-11,14-15H,2-3H2,1H3,(H,12,13). The largest absolute Gasteiger partial charge is 0.480 e. The molecule has 0 saturated heterocycles. The smallest absolute Gasteiger partial charge is 0.317 e. The van der Waals surface area contributed by atoms with E-state index in [4.69, 9.17) is 15.3 Å². The third-order valence-electron chi connectivity index (χ3n) is 1.87. The highest BCUT2D eigenvalue weighted by Gasteiger charge is 2.27. The second-order valence-electron chi connectivity index (χ2n) is 3.31. The van der Waals surface area contributed by atoms with E-state index in [1.807, 2.05) is 0 Å². The van der Waals surface area contributed by atoms with Crippen LogP contribution in [0.4, 0.5) is 0 Å². The maximum Gasteiger partial charge on any atom is 0.317 e. The van der Waals surface area contributed by atoms with Crippen LogP contribution in [0.25, 0.3) is 0 Å². The van der Waals surface area contributed by atoms with Crippen molar-refractivity contribution >= 4 is 5.97 Å². The Bertz CT molecular complexity index is 198. The zero-order chi connectivity index (χ0) is 12.0. The number of rotatable bonds is 7. The van der Waals surface area contributed by atoms with Crippen LogP contribution in [0.5, 0.6) is 0 Å². The molecule has 0 aliphatic heterocycles. The first kappa shape index (κ1) is 14.3. The van der Waals surface area contributed by atoms with Crippen molar-refractivity contribution < 1.29 is 30.3 Å². The number of nitrogens with one attached hydrogen (secondary N) is 1. The lowest BCUT2D eigenvalue weighted by Gasteiger charge is -2.24. The minimum Gasteiger partial charge on any atom is -0.480 e. The van der Waals surface area contributed by atoms with Crippen molar-refractivity contribution in [2.24, 2.45) is 0 Å². The first-order valence-electron chi connectivity index (χ1n) is 4.51. The topological polar surface area (TPSA) is 130 Å². The van der Waals surface area contributed by atoms with E-state index in [1.54, 1.807) is 0 Å². The summed E-state index contributed by atoms with van der Waals surface area (Å²) in [7, 11) is 0. The molecule has 90 valence electrons. The van der Waals surface area contributed by atoms with Crippen molar-refractivity contribution in [3.63, 3.8) is 0 Å². The summed E-state index contributed by atoms with van der Waals surface area (Å²) >= 11 is 0. The number of aliphatic hydroxyl groups is 4. The Hall–Kier alpha value is -0.730. The molecule has 0 spiro atoms. The Morgan fingerprint density at radius 2 is 1.73 bits per heavy atom. The van der Waals surface area contributed by atoms with Gasteiger partial charge < -0.3 is 30.8 Å². The molecule has 0 heterocycles. The second kappa shape index (κ2) is 6.70. The average Bonchev–Trinajstić information content (AvgIpc) is 2.14. The predicted molar refractivity (Wildman–Crippen MR) is 50.2 cm³/mol. The van der Waals surface area contributed by atoms with Crippen LogP contribution in [0, 0.1) is 0 Å². The van der Waals surface area contributed by atoms with E-state index in [2.05, 4.69) is 5.32 Å². The van der Waals surface area contributed by atoms with Crippen molar-refractivity contribution in [2.75, 3.05) is 13.1 Å². The number of hydrogen-bond donors (Lipinski definition) is 6. The molecule has 6 N–H and O–H groups in total. The zero-order valence-corrected chi connectivity index (χ0v) is 8.37. The molecule has 7 nitrogen and oxygen atoms in total. The Morgan fingerprint density at radius 1 is 1.20 bits per heavy atom. The summed E-state index contributed by atoms with van der Waals surface area (Å²) in [4.78, 5) is 10.1. The van der Waals surface area contributed by atoms with Crippen molar-refractivity contribution in [2.45, 2.75) is 31.3 Å². The van der Waals surface area contributed by atoms with Gasteiger partial charge >= 0.3 is 5.97 Å². The van der Waals surface area contributed by atoms with Crippen molar-refractivity contribution in [1.29, 1.82) is 0 Å². The molecule has 0 aromatic heterocycles. The van der Waals surface area contributed by atoms with Gasteiger partial charge in [0.05, 0.1) is 18.8 Å². The summed E-state index contributed by atoms with van der Waals surface area (Å²) in [6.07, 6.45) is -5.50. The molecule has 0 aliphatic carbocycles. The van der Waals surface area contributed by atoms with E-state index >= 15 is 0 Å². The van der Waals surface area contributed by atoms with E-state index in [1.165, 1.54) is 6.92 Å². The molecular weight excluding hydrogens is 206 g/mol. The summed E-state index contributed by atoms with van der Waals surface area (Å²) in [5.41, 5.74) is 0. The van der Waals surface area contributed by atoms with Gasteiger partial charge in [-0.25, -0.2) is 0 Å². The minimum atomic E-state index is -1.52. The Kier molecular flexibility index (Phi) is 6.37. The molecule has 4 atom stereocenters. The van der Waals surface area contributed by atoms with E-state index in [0.29, 0.717) is 0 Å². The molecule has 0 aromatic rings. The maximum absolute atomic E-state index is 10.1. The highest BCUT2D eigenvalue weighted by Crippen LogP contribution is 2.03. The van der Waals surface area contributed by atoms with Gasteiger partial charge in [0.25, 0.3) is 0 Å². The number of aliphatic hydroxyl groups excluding tert-OH is 4. The molecule has 0 fully saturated rings. The fourth-order valence-corrected chi connectivity index (χ4v) is 0.961. The lowest BCUT2D eigenvalue weighted by molar-refractivity contribution is -0.136. The summed E-state index contributed by atoms with van der Waals surface area (Å²) in [5.74, 6) is -1.09. The van der Waals surface area contributed by atoms with Gasteiger partial charge in [0.1, 0.15) is 12.2 Å². The van der Waals surface area contributed by atoms with Gasteiger partial charge in [0.15, 0.2) is 0 Å². The molecule has 0 rings (SSSR count). The number of hydrogen-bond acceptors (Lipinski definition) is 6. The highest BCUT2D eigenvalue weighted by atomic mass is 16.4. The van der Waals surface area contributed by atoms with Crippen LogP contribution in [0.3, 0.4) is 0 Å². The number of carboxylic acid groups (broad SMARTS) is 1. The number of aliphatic carboxylic acids is 1. The van der Waals surface area contributed by atoms with Crippen LogP contribution in [0.1, 0.15) is 6.92 Å². The van der Waals surface area contributed by atoms with Crippen LogP contribution in [0.15, 0.2) is 0 Å². The van der Waals surface area contributed by atoms with Gasteiger partial charge in [0.2, 0.25) is 0 Å². The van der Waals surface area contributed by atoms with Crippen LogP contribution in [-0.2, 0) is 4.79 Å². The van der Waals surface area contributed by atoms with Crippen LogP contribution in [0.2, 0.25) is 0 Å². The van der Waals surface area contributed by atoms with E-state index < -0.39 is 30.4 Å². The summed E-state index contributed by atoms with van der Waals surface area (Å²) in [6.45, 7) is 0.733. The van der Waals surface area contributed by atoms with E-state index in [-0.39, 0.29) is 13.1 Å². The monoisotopic (exact) mass is 223 g/mol. The van der Waals surface area contributed by atoms with E-state index in [0.717, 1.165) is 0 Å². The number of carbonyl (C=O) groups is 1. The SMILES string of the molecule is CC(O)C(O)C(O)C(O)CNCC(=O)O. The predicted octanol–water partition coefficient (Wildman–Crippen LogP) is -2.88. The Morgan fingerprint density at radius 3 is 2.13 bits per heavy atom. The normalized spacial score (nSPS) is 19.3. The molecule has 0 radical (unpaired) electrons. The van der Waals surface area contributed by atoms with Crippen LogP contribution < -0.4 is 5.32 Å². The molecule has 0 aromatic carbocycles. The first-order chi connectivity index (χ1) is 6.86. The average molecular weight is 223 g/mol. The van der Waals surface area contributed by atoms with Crippen LogP contribution >= 0.6 is 0 Å². The zero-order valence-electron chi connectivity index (χ0n) is 8.37. The van der Waals surface area contributed by atoms with Gasteiger partial charge in [-0.05, 0) is 6.92 Å². The molecule has 0 bridgehead atoms. The fourth-order valence-electron chi connectivity index (χ4n) is 0.961. The quantitative estimate of drug-likeness (QED) is 0.273. The van der Waals surface area contributed by atoms with Crippen molar-refractivity contribution in [3.05, 3.63) is 0 Å². The second-order valence-corrected chi connectivity index (χ2v) is 3.31. The van der Waals surface area contributed by atoms with Gasteiger partial charge in [-0.1, -0.05) is 0 Å². The van der Waals surface area contributed by atoms with Gasteiger partial charge in [-0.3, -0.25) is 4.79 Å². The highest BCUT2D eigenvalue weighted by molar-refractivity contribution is 5.68. The molecule has 0 aliphatic rings. The first-order valence-corrected chi connectivity index (χ1v) is 4.51. The maximum atomic E-state index is 10.1. The number of carboxylic acids is 1. The molecule has 0 amide bonds. The molecule has 7 heteroatoms. The van der Waals surface area contributed by atoms with Gasteiger partial charge in [0, 0.05) is 6.54 Å². The van der Waals surface area contributed by atoms with Crippen LogP contribution in [-0.4, -0.2) is 69.0 Å². The van der Waals surface area contributed by atoms with Crippen molar-refractivity contribution in [3.8, 4) is 0 Å². The molecule has 0 saturated carbocycles. The third kappa shape index (κ3) is 5.65. The third-order valence-corrected chi connectivity index (χ3v) is 1.87. The lowest BCUT2D eigenvalue weighted by atomic mass is 10.0. The Balaban J connectivity index is 3.88. The van der Waals surface area contributed by atoms with Gasteiger partial charge in [-0.2, -0.15) is 0 Å². The fraction of sp³-hybridized carbons (Fsp3) is 0.875. The lowest BCUT2D eigenvalue weighted by Crippen LogP contribution is -2.47. The van der Waals surface area contributed by atoms with Gasteiger partial charge in [-0.15, -0.1) is 0 Å². The minimum absolute atomic E-state index is 0.183. The summed E-state index contributed by atoms with van der Waals surface area (Å²) in [6, 6.07) is 0. The Labute approximate surface area is 87.0 Å². The summed E-state index contributed by atoms with van der Waals surface area (Å²) < 4.78 is 0. The summed E-state index contributed by atoms with van der Waals surface area (Å²) in [5, 5.41) is 47.3. The molecular formula is C8H17NO6.